The van der Waals surface area contributed by atoms with Crippen molar-refractivity contribution in [3.05, 3.63) is 42.0 Å². The molecule has 2 aromatic heterocycles. The minimum absolute atomic E-state index is 0.0740. The van der Waals surface area contributed by atoms with Gasteiger partial charge in [0.25, 0.3) is 5.91 Å². The van der Waals surface area contributed by atoms with E-state index in [9.17, 15) is 9.18 Å². The molecule has 0 aliphatic carbocycles. The smallest absolute Gasteiger partial charge is 0.262 e. The lowest BCUT2D eigenvalue weighted by molar-refractivity contribution is -0.118. The van der Waals surface area contributed by atoms with E-state index in [0.29, 0.717) is 39.5 Å². The van der Waals surface area contributed by atoms with Crippen molar-refractivity contribution in [2.24, 2.45) is 0 Å². The van der Waals surface area contributed by atoms with Crippen LogP contribution >= 0.6 is 0 Å². The fraction of sp³-hybridized carbons (Fsp3) is 0.118. The van der Waals surface area contributed by atoms with Crippen molar-refractivity contribution < 1.29 is 13.9 Å². The summed E-state index contributed by atoms with van der Waals surface area (Å²) in [6, 6.07) is 4.79. The summed E-state index contributed by atoms with van der Waals surface area (Å²) in [5, 5.41) is 4.16. The van der Waals surface area contributed by atoms with Crippen molar-refractivity contribution in [2.45, 2.75) is 6.92 Å². The Kier molecular flexibility index (Phi) is 3.09. The van der Waals surface area contributed by atoms with Crippen LogP contribution in [-0.2, 0) is 4.79 Å². The van der Waals surface area contributed by atoms with Gasteiger partial charge in [0.2, 0.25) is 5.88 Å². The highest BCUT2D eigenvalue weighted by molar-refractivity contribution is 5.97. The van der Waals surface area contributed by atoms with Crippen LogP contribution in [0.2, 0.25) is 0 Å². The number of nitrogen functional groups attached to an aromatic ring is 1. The molecule has 0 atom stereocenters. The van der Waals surface area contributed by atoms with Gasteiger partial charge < -0.3 is 15.8 Å². The summed E-state index contributed by atoms with van der Waals surface area (Å²) in [6.45, 7) is 1.71. The first-order valence-corrected chi connectivity index (χ1v) is 7.30. The van der Waals surface area contributed by atoms with E-state index in [0.717, 1.165) is 5.39 Å². The van der Waals surface area contributed by atoms with Gasteiger partial charge in [0, 0.05) is 28.9 Å². The molecule has 3 heterocycles. The lowest BCUT2D eigenvalue weighted by Crippen LogP contribution is -2.26. The van der Waals surface area contributed by atoms with Crippen molar-refractivity contribution >= 4 is 28.2 Å². The number of ether oxygens (including phenoxy) is 1. The number of carbonyl (C=O) groups excluding carboxylic acids is 1. The van der Waals surface area contributed by atoms with Crippen LogP contribution in [0.4, 0.5) is 15.9 Å². The van der Waals surface area contributed by atoms with E-state index in [4.69, 9.17) is 10.5 Å². The zero-order valence-electron chi connectivity index (χ0n) is 12.8. The van der Waals surface area contributed by atoms with Crippen molar-refractivity contribution in [3.63, 3.8) is 0 Å². The Labute approximate surface area is 136 Å². The first kappa shape index (κ1) is 14.4. The zero-order chi connectivity index (χ0) is 16.8. The molecule has 0 saturated heterocycles. The Bertz CT molecular complexity index is 1000. The van der Waals surface area contributed by atoms with Crippen molar-refractivity contribution in [2.75, 3.05) is 17.7 Å². The van der Waals surface area contributed by atoms with Crippen LogP contribution in [0, 0.1) is 12.7 Å². The number of nitrogens with one attached hydrogen (secondary N) is 1. The molecule has 6 nitrogen and oxygen atoms in total. The van der Waals surface area contributed by atoms with E-state index >= 15 is 0 Å². The summed E-state index contributed by atoms with van der Waals surface area (Å²) in [6.07, 6.45) is 3.07. The highest BCUT2D eigenvalue weighted by atomic mass is 19.1. The number of benzene rings is 1. The lowest BCUT2D eigenvalue weighted by atomic mass is 9.98. The summed E-state index contributed by atoms with van der Waals surface area (Å²) < 4.78 is 19.9. The molecular formula is C17H13FN4O2. The van der Waals surface area contributed by atoms with E-state index in [-0.39, 0.29) is 12.5 Å². The number of hydrogen-bond donors (Lipinski definition) is 2. The summed E-state index contributed by atoms with van der Waals surface area (Å²) in [5.41, 5.74) is 7.82. The third-order valence-electron chi connectivity index (χ3n) is 4.03. The van der Waals surface area contributed by atoms with Gasteiger partial charge in [-0.05, 0) is 36.1 Å². The molecule has 0 bridgehead atoms. The molecule has 1 aliphatic rings. The summed E-state index contributed by atoms with van der Waals surface area (Å²) >= 11 is 0. The molecule has 0 saturated carbocycles. The predicted octanol–water partition coefficient (Wildman–Crippen LogP) is 2.66. The number of hydrogen-bond acceptors (Lipinski definition) is 5. The number of carbonyl (C=O) groups is 1. The third kappa shape index (κ3) is 2.21. The van der Waals surface area contributed by atoms with Gasteiger partial charge >= 0.3 is 0 Å². The predicted molar refractivity (Wildman–Crippen MR) is 88.2 cm³/mol. The van der Waals surface area contributed by atoms with Crippen LogP contribution in [0.5, 0.6) is 5.88 Å². The van der Waals surface area contributed by atoms with E-state index in [1.807, 2.05) is 0 Å². The zero-order valence-corrected chi connectivity index (χ0v) is 12.8. The Balaban J connectivity index is 1.93. The van der Waals surface area contributed by atoms with Crippen LogP contribution in [0.25, 0.3) is 21.9 Å². The average molecular weight is 324 g/mol. The van der Waals surface area contributed by atoms with Crippen LogP contribution in [0.15, 0.2) is 30.6 Å². The number of nitrogens with two attached hydrogens (primary N) is 1. The standard InChI is InChI=1S/C17H13FN4O2/c1-8-12(6-21-17-16(8)22-15(23)7-24-17)11-2-9-4-14(19)20-5-10(9)3-13(11)18/h2-6H,7H2,1H3,(H2,19,20)(H,22,23). The number of rotatable bonds is 1. The van der Waals surface area contributed by atoms with Crippen molar-refractivity contribution in [1.82, 2.24) is 9.97 Å². The summed E-state index contributed by atoms with van der Waals surface area (Å²) in [4.78, 5) is 19.7. The largest absolute Gasteiger partial charge is 0.466 e. The van der Waals surface area contributed by atoms with Gasteiger partial charge in [-0.25, -0.2) is 14.4 Å². The van der Waals surface area contributed by atoms with E-state index in [1.165, 1.54) is 12.3 Å². The molecule has 3 N–H and O–H groups in total. The number of fused-ring (bicyclic) bond motifs is 2. The van der Waals surface area contributed by atoms with Gasteiger partial charge in [-0.15, -0.1) is 0 Å². The maximum Gasteiger partial charge on any atom is 0.262 e. The summed E-state index contributed by atoms with van der Waals surface area (Å²) in [5.74, 6) is 0.0378. The average Bonchev–Trinajstić information content (AvgIpc) is 2.56. The fourth-order valence-electron chi connectivity index (χ4n) is 2.81. The molecular weight excluding hydrogens is 311 g/mol. The Morgan fingerprint density at radius 2 is 2.00 bits per heavy atom. The Morgan fingerprint density at radius 3 is 2.83 bits per heavy atom. The lowest BCUT2D eigenvalue weighted by Gasteiger charge is -2.20. The molecule has 1 aromatic carbocycles. The van der Waals surface area contributed by atoms with Gasteiger partial charge in [-0.3, -0.25) is 4.79 Å². The molecule has 3 aromatic rings. The Morgan fingerprint density at radius 1 is 1.17 bits per heavy atom. The van der Waals surface area contributed by atoms with Crippen LogP contribution in [0.1, 0.15) is 5.56 Å². The normalized spacial score (nSPS) is 13.3. The summed E-state index contributed by atoms with van der Waals surface area (Å²) in [7, 11) is 0. The number of amides is 1. The topological polar surface area (TPSA) is 90.1 Å². The van der Waals surface area contributed by atoms with Gasteiger partial charge in [0.1, 0.15) is 17.3 Å². The molecule has 0 radical (unpaired) electrons. The molecule has 0 fully saturated rings. The number of anilines is 2. The molecule has 0 unspecified atom stereocenters. The monoisotopic (exact) mass is 324 g/mol. The fourth-order valence-corrected chi connectivity index (χ4v) is 2.81. The van der Waals surface area contributed by atoms with Crippen LogP contribution < -0.4 is 15.8 Å². The van der Waals surface area contributed by atoms with Crippen molar-refractivity contribution in [1.29, 1.82) is 0 Å². The maximum atomic E-state index is 14.6. The van der Waals surface area contributed by atoms with E-state index < -0.39 is 5.82 Å². The molecule has 1 aliphatic heterocycles. The number of aromatic nitrogens is 2. The molecule has 0 spiro atoms. The first-order valence-electron chi connectivity index (χ1n) is 7.30. The second kappa shape index (κ2) is 5.16. The highest BCUT2D eigenvalue weighted by Crippen LogP contribution is 2.37. The molecule has 4 rings (SSSR count). The van der Waals surface area contributed by atoms with Crippen LogP contribution in [0.3, 0.4) is 0 Å². The maximum absolute atomic E-state index is 14.6. The number of halogens is 1. The van der Waals surface area contributed by atoms with E-state index in [2.05, 4.69) is 15.3 Å². The molecule has 1 amide bonds. The molecule has 7 heteroatoms. The van der Waals surface area contributed by atoms with Gasteiger partial charge in [-0.1, -0.05) is 0 Å². The van der Waals surface area contributed by atoms with E-state index in [1.54, 1.807) is 25.3 Å². The highest BCUT2D eigenvalue weighted by Gasteiger charge is 2.22. The SMILES string of the molecule is Cc1c(-c2cc3cc(N)ncc3cc2F)cnc2c1NC(=O)CO2. The number of nitrogens with zero attached hydrogens (tertiary/aromatic N) is 2. The molecule has 120 valence electrons. The minimum atomic E-state index is -0.401. The third-order valence-corrected chi connectivity index (χ3v) is 4.03. The van der Waals surface area contributed by atoms with Crippen LogP contribution in [-0.4, -0.2) is 22.5 Å². The van der Waals surface area contributed by atoms with Gasteiger partial charge in [0.05, 0.1) is 0 Å². The number of pyridine rings is 2. The minimum Gasteiger partial charge on any atom is -0.466 e. The second-order valence-corrected chi connectivity index (χ2v) is 5.60. The Hall–Kier alpha value is -3.22. The quantitative estimate of drug-likeness (QED) is 0.718. The van der Waals surface area contributed by atoms with Crippen molar-refractivity contribution in [3.8, 4) is 17.0 Å². The van der Waals surface area contributed by atoms with Gasteiger partial charge in [0.15, 0.2) is 6.61 Å². The molecule has 24 heavy (non-hydrogen) atoms. The second-order valence-electron chi connectivity index (χ2n) is 5.60. The van der Waals surface area contributed by atoms with Gasteiger partial charge in [-0.2, -0.15) is 0 Å². The first-order chi connectivity index (χ1) is 11.5.